The molecule has 0 saturated carbocycles. The highest BCUT2D eigenvalue weighted by Crippen LogP contribution is 2.30. The van der Waals surface area contributed by atoms with Gasteiger partial charge < -0.3 is 10.6 Å². The molecule has 5 nitrogen and oxygen atoms in total. The zero-order chi connectivity index (χ0) is 18.4. The van der Waals surface area contributed by atoms with Crippen LogP contribution in [-0.4, -0.2) is 27.9 Å². The number of carbonyl (C=O) groups excluding carboxylic acids is 1. The Bertz CT molecular complexity index is 853. The number of thioether (sulfide) groups is 1. The third kappa shape index (κ3) is 5.80. The van der Waals surface area contributed by atoms with Gasteiger partial charge >= 0.3 is 0 Å². The van der Waals surface area contributed by atoms with E-state index in [1.54, 1.807) is 11.3 Å². The fraction of sp³-hybridized carbons (Fsp3) is 0.235. The van der Waals surface area contributed by atoms with E-state index in [2.05, 4.69) is 42.8 Å². The van der Waals surface area contributed by atoms with Gasteiger partial charge in [-0.3, -0.25) is 4.79 Å². The molecule has 1 unspecified atom stereocenters. The summed E-state index contributed by atoms with van der Waals surface area (Å²) in [5, 5.41) is 17.0. The predicted octanol–water partition coefficient (Wildman–Crippen LogP) is 4.95. The fourth-order valence-electron chi connectivity index (χ4n) is 2.11. The third-order valence-corrected chi connectivity index (χ3v) is 6.83. The van der Waals surface area contributed by atoms with Crippen molar-refractivity contribution < 1.29 is 4.79 Å². The summed E-state index contributed by atoms with van der Waals surface area (Å²) in [6, 6.07) is 11.9. The highest BCUT2D eigenvalue weighted by molar-refractivity contribution is 9.10. The summed E-state index contributed by atoms with van der Waals surface area (Å²) >= 11 is 8.01. The Balaban J connectivity index is 1.47. The molecule has 0 radical (unpaired) electrons. The second-order valence-corrected chi connectivity index (χ2v) is 9.90. The minimum atomic E-state index is -0.218. The molecular formula is C17H17BrN4OS3. The Morgan fingerprint density at radius 1 is 1.31 bits per heavy atom. The maximum absolute atomic E-state index is 12.2. The molecule has 1 amide bonds. The molecule has 0 aliphatic heterocycles. The number of hydrogen-bond donors (Lipinski definition) is 2. The van der Waals surface area contributed by atoms with Gasteiger partial charge in [0.1, 0.15) is 0 Å². The summed E-state index contributed by atoms with van der Waals surface area (Å²) in [6.07, 6.45) is 0.861. The molecule has 2 aromatic heterocycles. The number of rotatable bonds is 8. The van der Waals surface area contributed by atoms with Gasteiger partial charge in [-0.05, 0) is 43.0 Å². The number of halogens is 1. The zero-order valence-corrected chi connectivity index (χ0v) is 18.0. The molecule has 2 heterocycles. The average Bonchev–Trinajstić information content (AvgIpc) is 3.27. The molecule has 9 heteroatoms. The number of hydrogen-bond acceptors (Lipinski definition) is 7. The van der Waals surface area contributed by atoms with Gasteiger partial charge in [0.25, 0.3) is 0 Å². The minimum Gasteiger partial charge on any atom is -0.355 e. The molecule has 0 bridgehead atoms. The Kier molecular flexibility index (Phi) is 7.07. The lowest BCUT2D eigenvalue weighted by atomic mass is 10.3. The average molecular weight is 469 g/mol. The van der Waals surface area contributed by atoms with E-state index < -0.39 is 0 Å². The van der Waals surface area contributed by atoms with E-state index in [0.29, 0.717) is 11.7 Å². The molecule has 0 aliphatic carbocycles. The van der Waals surface area contributed by atoms with Crippen molar-refractivity contribution in [2.24, 2.45) is 0 Å². The number of amides is 1. The second-order valence-electron chi connectivity index (χ2n) is 5.39. The molecule has 0 fully saturated rings. The monoisotopic (exact) mass is 468 g/mol. The number of nitrogens with one attached hydrogen (secondary N) is 2. The highest BCUT2D eigenvalue weighted by atomic mass is 79.9. The van der Waals surface area contributed by atoms with Crippen molar-refractivity contribution in [3.8, 4) is 0 Å². The van der Waals surface area contributed by atoms with Crippen LogP contribution < -0.4 is 10.6 Å². The number of aromatic nitrogens is 2. The van der Waals surface area contributed by atoms with Gasteiger partial charge in [-0.25, -0.2) is 0 Å². The van der Waals surface area contributed by atoms with Crippen LogP contribution >= 0.6 is 50.4 Å². The largest absolute Gasteiger partial charge is 0.355 e. The molecule has 0 spiro atoms. The van der Waals surface area contributed by atoms with Crippen molar-refractivity contribution in [1.82, 2.24) is 15.5 Å². The molecule has 1 atom stereocenters. The standard InChI is InChI=1S/C17H17BrN4OS3/c1-11(15(23)19-8-7-14-6-3-9-24-14)25-17-22-21-16(26-17)20-13-5-2-4-12(18)10-13/h2-6,9-11H,7-8H2,1H3,(H,19,23)(H,20,21). The lowest BCUT2D eigenvalue weighted by molar-refractivity contribution is -0.120. The molecule has 136 valence electrons. The first kappa shape index (κ1) is 19.3. The van der Waals surface area contributed by atoms with Gasteiger partial charge in [0.2, 0.25) is 11.0 Å². The first-order valence-electron chi connectivity index (χ1n) is 7.93. The molecule has 3 aromatic rings. The van der Waals surface area contributed by atoms with Crippen LogP contribution in [-0.2, 0) is 11.2 Å². The predicted molar refractivity (Wildman–Crippen MR) is 114 cm³/mol. The van der Waals surface area contributed by atoms with Gasteiger partial charge in [-0.15, -0.1) is 21.5 Å². The Morgan fingerprint density at radius 3 is 2.96 bits per heavy atom. The first-order chi connectivity index (χ1) is 12.6. The number of nitrogens with zero attached hydrogens (tertiary/aromatic N) is 2. The number of benzene rings is 1. The molecule has 0 saturated heterocycles. The first-order valence-corrected chi connectivity index (χ1v) is 11.3. The SMILES string of the molecule is CC(Sc1nnc(Nc2cccc(Br)c2)s1)C(=O)NCCc1cccs1. The van der Waals surface area contributed by atoms with Gasteiger partial charge in [-0.1, -0.05) is 51.2 Å². The van der Waals surface area contributed by atoms with Crippen LogP contribution in [0.2, 0.25) is 0 Å². The molecule has 0 aliphatic rings. The Labute approximate surface area is 172 Å². The van der Waals surface area contributed by atoms with Crippen LogP contribution in [0.15, 0.2) is 50.6 Å². The maximum atomic E-state index is 12.2. The summed E-state index contributed by atoms with van der Waals surface area (Å²) in [7, 11) is 0. The van der Waals surface area contributed by atoms with Crippen molar-refractivity contribution in [2.75, 3.05) is 11.9 Å². The van der Waals surface area contributed by atoms with Gasteiger partial charge in [0, 0.05) is 21.6 Å². The van der Waals surface area contributed by atoms with E-state index in [0.717, 1.165) is 20.9 Å². The van der Waals surface area contributed by atoms with Crippen molar-refractivity contribution in [2.45, 2.75) is 22.9 Å². The molecular weight excluding hydrogens is 452 g/mol. The molecule has 26 heavy (non-hydrogen) atoms. The van der Waals surface area contributed by atoms with E-state index in [-0.39, 0.29) is 11.2 Å². The van der Waals surface area contributed by atoms with Gasteiger partial charge in [-0.2, -0.15) is 0 Å². The van der Waals surface area contributed by atoms with E-state index in [9.17, 15) is 4.79 Å². The lowest BCUT2D eigenvalue weighted by Gasteiger charge is -2.09. The zero-order valence-electron chi connectivity index (χ0n) is 13.9. The summed E-state index contributed by atoms with van der Waals surface area (Å²) in [4.78, 5) is 13.5. The fourth-order valence-corrected chi connectivity index (χ4v) is 5.16. The summed E-state index contributed by atoms with van der Waals surface area (Å²) in [5.74, 6) is 0.0169. The van der Waals surface area contributed by atoms with Crippen molar-refractivity contribution in [1.29, 1.82) is 0 Å². The lowest BCUT2D eigenvalue weighted by Crippen LogP contribution is -2.32. The van der Waals surface area contributed by atoms with Crippen molar-refractivity contribution >= 4 is 67.1 Å². The quantitative estimate of drug-likeness (QED) is 0.458. The number of thiophene rings is 1. The topological polar surface area (TPSA) is 66.9 Å². The maximum Gasteiger partial charge on any atom is 0.233 e. The van der Waals surface area contributed by atoms with Crippen LogP contribution in [0.4, 0.5) is 10.8 Å². The van der Waals surface area contributed by atoms with Crippen LogP contribution in [0.5, 0.6) is 0 Å². The van der Waals surface area contributed by atoms with Crippen molar-refractivity contribution in [3.05, 3.63) is 51.1 Å². The van der Waals surface area contributed by atoms with E-state index >= 15 is 0 Å². The summed E-state index contributed by atoms with van der Waals surface area (Å²) < 4.78 is 1.76. The number of carbonyl (C=O) groups is 1. The van der Waals surface area contributed by atoms with Gasteiger partial charge in [0.05, 0.1) is 5.25 Å². The molecule has 1 aromatic carbocycles. The second kappa shape index (κ2) is 9.50. The van der Waals surface area contributed by atoms with E-state index in [4.69, 9.17) is 0 Å². The van der Waals surface area contributed by atoms with E-state index in [1.807, 2.05) is 42.6 Å². The molecule has 3 rings (SSSR count). The minimum absolute atomic E-state index is 0.0169. The Morgan fingerprint density at radius 2 is 2.19 bits per heavy atom. The normalized spacial score (nSPS) is 11.9. The van der Waals surface area contributed by atoms with Crippen LogP contribution in [0.25, 0.3) is 0 Å². The Hall–Kier alpha value is -1.42. The summed E-state index contributed by atoms with van der Waals surface area (Å²) in [5.41, 5.74) is 0.937. The highest BCUT2D eigenvalue weighted by Gasteiger charge is 2.17. The van der Waals surface area contributed by atoms with E-state index in [1.165, 1.54) is 28.0 Å². The van der Waals surface area contributed by atoms with Gasteiger partial charge in [0.15, 0.2) is 4.34 Å². The molecule has 2 N–H and O–H groups in total. The summed E-state index contributed by atoms with van der Waals surface area (Å²) in [6.45, 7) is 2.53. The number of anilines is 2. The smallest absolute Gasteiger partial charge is 0.233 e. The van der Waals surface area contributed by atoms with Crippen LogP contribution in [0.1, 0.15) is 11.8 Å². The van der Waals surface area contributed by atoms with Crippen molar-refractivity contribution in [3.63, 3.8) is 0 Å². The van der Waals surface area contributed by atoms with Crippen LogP contribution in [0, 0.1) is 0 Å². The van der Waals surface area contributed by atoms with Crippen LogP contribution in [0.3, 0.4) is 0 Å². The third-order valence-electron chi connectivity index (χ3n) is 3.38.